The highest BCUT2D eigenvalue weighted by Gasteiger charge is 2.43. The minimum Gasteiger partial charge on any atom is -0.477 e. The minimum absolute atomic E-state index is 0.0492. The number of thiophene rings is 1. The summed E-state index contributed by atoms with van der Waals surface area (Å²) in [6, 6.07) is 0.850. The molecule has 0 aromatic carbocycles. The maximum atomic E-state index is 13.6. The van der Waals surface area contributed by atoms with Gasteiger partial charge in [0.05, 0.1) is 34.6 Å². The van der Waals surface area contributed by atoms with Crippen molar-refractivity contribution in [2.24, 2.45) is 11.3 Å². The quantitative estimate of drug-likeness (QED) is 0.702. The first-order chi connectivity index (χ1) is 14.4. The van der Waals surface area contributed by atoms with Crippen molar-refractivity contribution in [3.05, 3.63) is 22.6 Å². The number of carbonyl (C=O) groups is 2. The van der Waals surface area contributed by atoms with E-state index in [4.69, 9.17) is 9.47 Å². The van der Waals surface area contributed by atoms with Gasteiger partial charge in [-0.05, 0) is 5.92 Å². The predicted molar refractivity (Wildman–Crippen MR) is 109 cm³/mol. The zero-order valence-corrected chi connectivity index (χ0v) is 18.4. The highest BCUT2D eigenvalue weighted by Crippen LogP contribution is 2.40. The summed E-state index contributed by atoms with van der Waals surface area (Å²) >= 11 is 0.812. The van der Waals surface area contributed by atoms with Crippen molar-refractivity contribution >= 4 is 33.6 Å². The number of halogens is 3. The molecule has 1 saturated heterocycles. The Bertz CT molecular complexity index is 984. The molecule has 0 spiro atoms. The smallest absolute Gasteiger partial charge is 0.418 e. The highest BCUT2D eigenvalue weighted by atomic mass is 32.1. The van der Waals surface area contributed by atoms with Crippen molar-refractivity contribution in [1.82, 2.24) is 15.2 Å². The first-order valence-corrected chi connectivity index (χ1v) is 10.6. The Morgan fingerprint density at radius 1 is 1.35 bits per heavy atom. The lowest BCUT2D eigenvalue weighted by molar-refractivity contribution is -0.136. The number of ether oxygens (including phenoxy) is 2. The molecule has 0 aliphatic carbocycles. The number of aromatic nitrogens is 1. The molecule has 1 N–H and O–H groups in total. The number of pyridine rings is 1. The SMILES string of the molecule is CNC(=O)c1csc2c(C(F)(F)F)cc(OCC3(C)CN(C(=O)OCC(C)C)C3)nc12. The minimum atomic E-state index is -4.62. The van der Waals surface area contributed by atoms with Crippen LogP contribution in [0.4, 0.5) is 18.0 Å². The van der Waals surface area contributed by atoms with Gasteiger partial charge in [-0.3, -0.25) is 4.79 Å². The molecule has 1 fully saturated rings. The molecular formula is C20H24F3N3O4S. The Labute approximate surface area is 181 Å². The largest absolute Gasteiger partial charge is 0.477 e. The van der Waals surface area contributed by atoms with Crippen LogP contribution in [-0.4, -0.2) is 55.2 Å². The van der Waals surface area contributed by atoms with Crippen LogP contribution >= 0.6 is 11.3 Å². The van der Waals surface area contributed by atoms with Crippen molar-refractivity contribution < 1.29 is 32.2 Å². The van der Waals surface area contributed by atoms with Gasteiger partial charge in [-0.2, -0.15) is 13.2 Å². The Balaban J connectivity index is 1.75. The van der Waals surface area contributed by atoms with E-state index in [1.54, 1.807) is 0 Å². The Hall–Kier alpha value is -2.56. The summed E-state index contributed by atoms with van der Waals surface area (Å²) < 4.78 is 51.4. The number of hydrogen-bond acceptors (Lipinski definition) is 6. The molecular weight excluding hydrogens is 435 g/mol. The molecule has 3 rings (SSSR count). The molecule has 2 aromatic heterocycles. The number of likely N-dealkylation sites (tertiary alicyclic amines) is 1. The lowest BCUT2D eigenvalue weighted by Crippen LogP contribution is -2.59. The van der Waals surface area contributed by atoms with Gasteiger partial charge in [-0.25, -0.2) is 9.78 Å². The van der Waals surface area contributed by atoms with E-state index in [-0.39, 0.29) is 34.2 Å². The zero-order chi connectivity index (χ0) is 23.0. The average Bonchev–Trinajstić information content (AvgIpc) is 3.10. The monoisotopic (exact) mass is 459 g/mol. The van der Waals surface area contributed by atoms with Crippen LogP contribution in [0.2, 0.25) is 0 Å². The Kier molecular flexibility index (Phi) is 6.35. The fourth-order valence-corrected chi connectivity index (χ4v) is 4.26. The number of fused-ring (bicyclic) bond motifs is 1. The van der Waals surface area contributed by atoms with E-state index >= 15 is 0 Å². The highest BCUT2D eigenvalue weighted by molar-refractivity contribution is 7.17. The van der Waals surface area contributed by atoms with Crippen molar-refractivity contribution in [3.63, 3.8) is 0 Å². The van der Waals surface area contributed by atoms with E-state index in [0.29, 0.717) is 19.7 Å². The van der Waals surface area contributed by atoms with Crippen LogP contribution in [0.5, 0.6) is 5.88 Å². The normalized spacial score (nSPS) is 15.7. The third-order valence-electron chi connectivity index (χ3n) is 4.79. The van der Waals surface area contributed by atoms with Crippen LogP contribution in [0.3, 0.4) is 0 Å². The standard InChI is InChI=1S/C20H24F3N3O4S/c1-11(2)6-29-18(28)26-8-19(3,9-26)10-30-14-5-13(20(21,22)23)16-15(25-14)12(7-31-16)17(27)24-4/h5,7,11H,6,8-10H2,1-4H3,(H,24,27). The molecule has 11 heteroatoms. The van der Waals surface area contributed by atoms with Crippen LogP contribution in [0.1, 0.15) is 36.7 Å². The summed E-state index contributed by atoms with van der Waals surface area (Å²) in [6.07, 6.45) is -5.04. The van der Waals surface area contributed by atoms with Crippen molar-refractivity contribution in [2.75, 3.05) is 33.4 Å². The Morgan fingerprint density at radius 3 is 2.61 bits per heavy atom. The van der Waals surface area contributed by atoms with Gasteiger partial charge >= 0.3 is 12.3 Å². The van der Waals surface area contributed by atoms with E-state index in [2.05, 4.69) is 10.3 Å². The number of nitrogens with one attached hydrogen (secondary N) is 1. The number of nitrogens with zero attached hydrogens (tertiary/aromatic N) is 2. The number of carbonyl (C=O) groups excluding carboxylic acids is 2. The third kappa shape index (κ3) is 5.03. The lowest BCUT2D eigenvalue weighted by atomic mass is 9.83. The van der Waals surface area contributed by atoms with E-state index < -0.39 is 29.2 Å². The molecule has 1 aliphatic heterocycles. The second-order valence-electron chi connectivity index (χ2n) is 8.34. The summed E-state index contributed by atoms with van der Waals surface area (Å²) in [5.41, 5.74) is -1.33. The second kappa shape index (κ2) is 8.52. The van der Waals surface area contributed by atoms with Gasteiger partial charge in [0.25, 0.3) is 5.91 Å². The van der Waals surface area contributed by atoms with Crippen LogP contribution in [-0.2, 0) is 10.9 Å². The molecule has 2 aromatic rings. The molecule has 0 radical (unpaired) electrons. The summed E-state index contributed by atoms with van der Waals surface area (Å²) in [5.74, 6) is -0.517. The summed E-state index contributed by atoms with van der Waals surface area (Å²) in [4.78, 5) is 29.7. The van der Waals surface area contributed by atoms with Crippen molar-refractivity contribution in [2.45, 2.75) is 26.9 Å². The topological polar surface area (TPSA) is 80.8 Å². The van der Waals surface area contributed by atoms with Gasteiger partial charge in [0, 0.05) is 37.0 Å². The molecule has 0 unspecified atom stereocenters. The molecule has 0 bridgehead atoms. The summed E-state index contributed by atoms with van der Waals surface area (Å²) in [7, 11) is 1.40. The number of amides is 2. The number of hydrogen-bond donors (Lipinski definition) is 1. The van der Waals surface area contributed by atoms with Crippen LogP contribution < -0.4 is 10.1 Å². The molecule has 1 aliphatic rings. The fourth-order valence-electron chi connectivity index (χ4n) is 3.24. The molecule has 31 heavy (non-hydrogen) atoms. The van der Waals surface area contributed by atoms with Crippen molar-refractivity contribution in [3.8, 4) is 5.88 Å². The summed E-state index contributed by atoms with van der Waals surface area (Å²) in [5, 5.41) is 3.75. The first-order valence-electron chi connectivity index (χ1n) is 9.69. The van der Waals surface area contributed by atoms with E-state index in [0.717, 1.165) is 17.4 Å². The molecule has 170 valence electrons. The first kappa shape index (κ1) is 23.1. The van der Waals surface area contributed by atoms with Crippen LogP contribution in [0.25, 0.3) is 10.2 Å². The van der Waals surface area contributed by atoms with Gasteiger partial charge < -0.3 is 19.7 Å². The van der Waals surface area contributed by atoms with Gasteiger partial charge in [-0.15, -0.1) is 11.3 Å². The van der Waals surface area contributed by atoms with Gasteiger partial charge in [0.15, 0.2) is 0 Å². The predicted octanol–water partition coefficient (Wildman–Crippen LogP) is 4.17. The number of alkyl halides is 3. The van der Waals surface area contributed by atoms with Crippen molar-refractivity contribution in [1.29, 1.82) is 0 Å². The van der Waals surface area contributed by atoms with E-state index in [1.807, 2.05) is 20.8 Å². The number of rotatable bonds is 6. The van der Waals surface area contributed by atoms with Crippen LogP contribution in [0.15, 0.2) is 11.4 Å². The van der Waals surface area contributed by atoms with Crippen LogP contribution in [0, 0.1) is 11.3 Å². The molecule has 7 nitrogen and oxygen atoms in total. The maximum Gasteiger partial charge on any atom is 0.418 e. The Morgan fingerprint density at radius 2 is 2.03 bits per heavy atom. The molecule has 3 heterocycles. The second-order valence-corrected chi connectivity index (χ2v) is 9.22. The molecule has 2 amide bonds. The maximum absolute atomic E-state index is 13.6. The van der Waals surface area contributed by atoms with Gasteiger partial charge in [0.1, 0.15) is 0 Å². The van der Waals surface area contributed by atoms with Gasteiger partial charge in [0.2, 0.25) is 5.88 Å². The molecule has 0 saturated carbocycles. The average molecular weight is 459 g/mol. The zero-order valence-electron chi connectivity index (χ0n) is 17.6. The fraction of sp³-hybridized carbons (Fsp3) is 0.550. The summed E-state index contributed by atoms with van der Waals surface area (Å²) in [6.45, 7) is 6.84. The third-order valence-corrected chi connectivity index (χ3v) is 5.79. The van der Waals surface area contributed by atoms with E-state index in [1.165, 1.54) is 17.3 Å². The lowest BCUT2D eigenvalue weighted by Gasteiger charge is -2.46. The molecule has 0 atom stereocenters. The van der Waals surface area contributed by atoms with E-state index in [9.17, 15) is 22.8 Å². The van der Waals surface area contributed by atoms with Gasteiger partial charge in [-0.1, -0.05) is 20.8 Å².